The summed E-state index contributed by atoms with van der Waals surface area (Å²) in [6.45, 7) is 0. The molecule has 152 valence electrons. The van der Waals surface area contributed by atoms with Crippen LogP contribution in [0.15, 0.2) is 127 Å². The van der Waals surface area contributed by atoms with Crippen LogP contribution >= 0.6 is 11.3 Å². The Morgan fingerprint density at radius 3 is 1.75 bits per heavy atom. The minimum atomic E-state index is 1.15. The highest BCUT2D eigenvalue weighted by Crippen LogP contribution is 2.40. The largest absolute Gasteiger partial charge is 0.310 e. The number of para-hydroxylation sites is 1. The van der Waals surface area contributed by atoms with Crippen molar-refractivity contribution >= 4 is 48.6 Å². The van der Waals surface area contributed by atoms with Crippen molar-refractivity contribution in [3.63, 3.8) is 0 Å². The smallest absolute Gasteiger partial charge is 0.0468 e. The molecule has 0 bridgehead atoms. The Kier molecular flexibility index (Phi) is 4.71. The van der Waals surface area contributed by atoms with Gasteiger partial charge in [-0.25, -0.2) is 0 Å². The standard InChI is InChI=1S/C30H21NS/c1-3-9-22(10-4-1)23-15-17-25(18-16-23)31(24-11-5-2-6-12-24)26-19-20-30-28(21-26)27-13-7-8-14-29(27)32-30/h1-21H. The highest BCUT2D eigenvalue weighted by atomic mass is 32.1. The van der Waals surface area contributed by atoms with Crippen LogP contribution in [0.3, 0.4) is 0 Å². The molecule has 0 fully saturated rings. The molecule has 0 saturated heterocycles. The normalized spacial score (nSPS) is 11.1. The molecule has 0 N–H and O–H groups in total. The van der Waals surface area contributed by atoms with E-state index in [0.29, 0.717) is 0 Å². The van der Waals surface area contributed by atoms with E-state index in [-0.39, 0.29) is 0 Å². The van der Waals surface area contributed by atoms with Crippen LogP contribution in [-0.2, 0) is 0 Å². The van der Waals surface area contributed by atoms with Crippen molar-refractivity contribution in [3.05, 3.63) is 127 Å². The summed E-state index contributed by atoms with van der Waals surface area (Å²) in [6, 6.07) is 45.4. The van der Waals surface area contributed by atoms with Gasteiger partial charge in [-0.3, -0.25) is 0 Å². The van der Waals surface area contributed by atoms with E-state index in [1.54, 1.807) is 0 Å². The minimum Gasteiger partial charge on any atom is -0.310 e. The van der Waals surface area contributed by atoms with E-state index in [2.05, 4.69) is 132 Å². The average molecular weight is 428 g/mol. The Balaban J connectivity index is 1.49. The predicted octanol–water partition coefficient (Wildman–Crippen LogP) is 9.19. The molecular formula is C30H21NS. The van der Waals surface area contributed by atoms with E-state index in [4.69, 9.17) is 0 Å². The average Bonchev–Trinajstić information content (AvgIpc) is 3.24. The number of rotatable bonds is 4. The van der Waals surface area contributed by atoms with Gasteiger partial charge in [0.1, 0.15) is 0 Å². The van der Waals surface area contributed by atoms with Crippen molar-refractivity contribution < 1.29 is 0 Å². The number of hydrogen-bond donors (Lipinski definition) is 0. The lowest BCUT2D eigenvalue weighted by Gasteiger charge is -2.25. The molecule has 5 aromatic carbocycles. The van der Waals surface area contributed by atoms with Gasteiger partial charge >= 0.3 is 0 Å². The van der Waals surface area contributed by atoms with Gasteiger partial charge in [0, 0.05) is 37.2 Å². The van der Waals surface area contributed by atoms with Crippen LogP contribution in [0.5, 0.6) is 0 Å². The van der Waals surface area contributed by atoms with Crippen molar-refractivity contribution in [3.8, 4) is 11.1 Å². The number of anilines is 3. The first-order valence-corrected chi connectivity index (χ1v) is 11.6. The molecule has 0 aliphatic rings. The van der Waals surface area contributed by atoms with Gasteiger partial charge in [-0.2, -0.15) is 0 Å². The zero-order valence-electron chi connectivity index (χ0n) is 17.5. The van der Waals surface area contributed by atoms with Crippen LogP contribution in [0.1, 0.15) is 0 Å². The van der Waals surface area contributed by atoms with Gasteiger partial charge < -0.3 is 4.90 Å². The van der Waals surface area contributed by atoms with Gasteiger partial charge in [0.15, 0.2) is 0 Å². The lowest BCUT2D eigenvalue weighted by atomic mass is 10.0. The lowest BCUT2D eigenvalue weighted by molar-refractivity contribution is 1.29. The zero-order valence-corrected chi connectivity index (χ0v) is 18.3. The minimum absolute atomic E-state index is 1.15. The molecule has 0 amide bonds. The highest BCUT2D eigenvalue weighted by molar-refractivity contribution is 7.25. The van der Waals surface area contributed by atoms with Crippen molar-refractivity contribution in [2.45, 2.75) is 0 Å². The van der Waals surface area contributed by atoms with E-state index in [9.17, 15) is 0 Å². The third-order valence-electron chi connectivity index (χ3n) is 5.87. The molecule has 32 heavy (non-hydrogen) atoms. The van der Waals surface area contributed by atoms with Crippen LogP contribution in [0.25, 0.3) is 31.3 Å². The number of hydrogen-bond acceptors (Lipinski definition) is 2. The fourth-order valence-corrected chi connectivity index (χ4v) is 5.40. The number of fused-ring (bicyclic) bond motifs is 3. The van der Waals surface area contributed by atoms with Crippen LogP contribution < -0.4 is 4.90 Å². The maximum atomic E-state index is 2.33. The molecular weight excluding hydrogens is 406 g/mol. The van der Waals surface area contributed by atoms with E-state index in [1.807, 2.05) is 11.3 Å². The van der Waals surface area contributed by atoms with E-state index < -0.39 is 0 Å². The first kappa shape index (κ1) is 18.9. The molecule has 1 heterocycles. The highest BCUT2D eigenvalue weighted by Gasteiger charge is 2.14. The Hall–Kier alpha value is -3.88. The van der Waals surface area contributed by atoms with Crippen LogP contribution in [0.4, 0.5) is 17.1 Å². The summed E-state index contributed by atoms with van der Waals surface area (Å²) in [5.74, 6) is 0. The molecule has 0 aliphatic carbocycles. The zero-order chi connectivity index (χ0) is 21.3. The first-order valence-electron chi connectivity index (χ1n) is 10.8. The maximum Gasteiger partial charge on any atom is 0.0468 e. The van der Waals surface area contributed by atoms with E-state index in [1.165, 1.54) is 37.0 Å². The number of nitrogens with zero attached hydrogens (tertiary/aromatic N) is 1. The number of thiophene rings is 1. The van der Waals surface area contributed by atoms with Gasteiger partial charge in [-0.1, -0.05) is 78.9 Å². The molecule has 0 saturated carbocycles. The van der Waals surface area contributed by atoms with Gasteiger partial charge in [0.05, 0.1) is 0 Å². The molecule has 0 unspecified atom stereocenters. The maximum absolute atomic E-state index is 2.33. The van der Waals surface area contributed by atoms with E-state index in [0.717, 1.165) is 11.4 Å². The van der Waals surface area contributed by atoms with Gasteiger partial charge in [0.2, 0.25) is 0 Å². The van der Waals surface area contributed by atoms with Gasteiger partial charge in [0.25, 0.3) is 0 Å². The summed E-state index contributed by atoms with van der Waals surface area (Å²) in [6.07, 6.45) is 0. The van der Waals surface area contributed by atoms with Crippen molar-refractivity contribution in [2.75, 3.05) is 4.90 Å². The second kappa shape index (κ2) is 7.99. The Labute approximate surface area is 191 Å². The molecule has 1 aromatic heterocycles. The van der Waals surface area contributed by atoms with Crippen molar-refractivity contribution in [2.24, 2.45) is 0 Å². The summed E-state index contributed by atoms with van der Waals surface area (Å²) < 4.78 is 2.65. The topological polar surface area (TPSA) is 3.24 Å². The van der Waals surface area contributed by atoms with Gasteiger partial charge in [-0.05, 0) is 59.7 Å². The second-order valence-corrected chi connectivity index (χ2v) is 8.95. The summed E-state index contributed by atoms with van der Waals surface area (Å²) in [5.41, 5.74) is 5.92. The predicted molar refractivity (Wildman–Crippen MR) is 139 cm³/mol. The molecule has 2 heteroatoms. The third kappa shape index (κ3) is 3.35. The van der Waals surface area contributed by atoms with E-state index >= 15 is 0 Å². The third-order valence-corrected chi connectivity index (χ3v) is 7.02. The summed E-state index contributed by atoms with van der Waals surface area (Å²) in [5, 5.41) is 2.63. The Morgan fingerprint density at radius 2 is 0.969 bits per heavy atom. The molecule has 1 nitrogen and oxygen atoms in total. The SMILES string of the molecule is c1ccc(-c2ccc(N(c3ccccc3)c3ccc4sc5ccccc5c4c3)cc2)cc1. The molecule has 0 radical (unpaired) electrons. The summed E-state index contributed by atoms with van der Waals surface area (Å²) in [7, 11) is 0. The molecule has 0 spiro atoms. The fraction of sp³-hybridized carbons (Fsp3) is 0. The van der Waals surface area contributed by atoms with Crippen LogP contribution in [0.2, 0.25) is 0 Å². The monoisotopic (exact) mass is 427 g/mol. The van der Waals surface area contributed by atoms with Crippen LogP contribution in [-0.4, -0.2) is 0 Å². The molecule has 0 aliphatic heterocycles. The molecule has 6 aromatic rings. The van der Waals surface area contributed by atoms with Crippen molar-refractivity contribution in [1.29, 1.82) is 0 Å². The van der Waals surface area contributed by atoms with Gasteiger partial charge in [-0.15, -0.1) is 11.3 Å². The molecule has 6 rings (SSSR count). The first-order chi connectivity index (χ1) is 15.9. The molecule has 0 atom stereocenters. The van der Waals surface area contributed by atoms with Crippen molar-refractivity contribution in [1.82, 2.24) is 0 Å². The quantitative estimate of drug-likeness (QED) is 0.271. The van der Waals surface area contributed by atoms with Crippen LogP contribution in [0, 0.1) is 0 Å². The Morgan fingerprint density at radius 1 is 0.406 bits per heavy atom. The second-order valence-electron chi connectivity index (χ2n) is 7.86. The fourth-order valence-electron chi connectivity index (χ4n) is 4.31. The summed E-state index contributed by atoms with van der Waals surface area (Å²) in [4.78, 5) is 2.33. The Bertz CT molecular complexity index is 1500. The summed E-state index contributed by atoms with van der Waals surface area (Å²) >= 11 is 1.85. The number of benzene rings is 5. The lowest BCUT2D eigenvalue weighted by Crippen LogP contribution is -2.09.